The van der Waals surface area contributed by atoms with E-state index in [2.05, 4.69) is 10.2 Å². The van der Waals surface area contributed by atoms with Crippen molar-refractivity contribution < 1.29 is 9.53 Å². The van der Waals surface area contributed by atoms with Crippen LogP contribution in [-0.2, 0) is 9.53 Å². The zero-order valence-electron chi connectivity index (χ0n) is 10.1. The predicted molar refractivity (Wildman–Crippen MR) is 62.2 cm³/mol. The number of rotatable bonds is 3. The smallest absolute Gasteiger partial charge is 0.309 e. The molecule has 0 aromatic heterocycles. The normalized spacial score (nSPS) is 31.6. The van der Waals surface area contributed by atoms with Crippen molar-refractivity contribution in [3.05, 3.63) is 0 Å². The van der Waals surface area contributed by atoms with Crippen molar-refractivity contribution in [1.82, 2.24) is 10.2 Å². The summed E-state index contributed by atoms with van der Waals surface area (Å²) in [6.07, 6.45) is 4.75. The molecular formula is C12H22N2O2. The molecule has 2 heterocycles. The molecule has 0 spiro atoms. The van der Waals surface area contributed by atoms with E-state index in [0.717, 1.165) is 25.9 Å². The van der Waals surface area contributed by atoms with Crippen LogP contribution >= 0.6 is 0 Å². The second-order valence-electron chi connectivity index (χ2n) is 4.91. The number of methoxy groups -OCH3 is 1. The minimum Gasteiger partial charge on any atom is -0.469 e. The Morgan fingerprint density at radius 3 is 2.69 bits per heavy atom. The molecule has 0 saturated carbocycles. The molecule has 4 nitrogen and oxygen atoms in total. The fourth-order valence-corrected chi connectivity index (χ4v) is 2.72. The minimum atomic E-state index is -0.0628. The van der Waals surface area contributed by atoms with Gasteiger partial charge in [-0.2, -0.15) is 0 Å². The van der Waals surface area contributed by atoms with E-state index in [1.807, 2.05) is 0 Å². The van der Waals surface area contributed by atoms with Gasteiger partial charge < -0.3 is 15.0 Å². The Morgan fingerprint density at radius 2 is 2.12 bits per heavy atom. The van der Waals surface area contributed by atoms with E-state index in [1.54, 1.807) is 0 Å². The molecule has 2 unspecified atom stereocenters. The van der Waals surface area contributed by atoms with Gasteiger partial charge >= 0.3 is 5.97 Å². The SMILES string of the molecule is COC(=O)C1CCC(CN2CCCC2)NC1. The zero-order chi connectivity index (χ0) is 11.4. The van der Waals surface area contributed by atoms with Crippen LogP contribution in [0.2, 0.25) is 0 Å². The van der Waals surface area contributed by atoms with Crippen molar-refractivity contribution in [3.63, 3.8) is 0 Å². The summed E-state index contributed by atoms with van der Waals surface area (Å²) in [6, 6.07) is 0.569. The third-order valence-corrected chi connectivity index (χ3v) is 3.73. The Kier molecular flexibility index (Phi) is 4.18. The van der Waals surface area contributed by atoms with Crippen LogP contribution in [-0.4, -0.2) is 50.2 Å². The predicted octanol–water partition coefficient (Wildman–Crippen LogP) is 0.623. The maximum atomic E-state index is 11.3. The lowest BCUT2D eigenvalue weighted by atomic mass is 9.94. The monoisotopic (exact) mass is 226 g/mol. The number of ether oxygens (including phenoxy) is 1. The standard InChI is InChI=1S/C12H22N2O2/c1-16-12(15)10-4-5-11(13-8-10)9-14-6-2-3-7-14/h10-11,13H,2-9H2,1H3. The maximum absolute atomic E-state index is 11.3. The van der Waals surface area contributed by atoms with E-state index >= 15 is 0 Å². The Labute approximate surface area is 97.3 Å². The molecule has 0 aromatic carbocycles. The van der Waals surface area contributed by atoms with Crippen molar-refractivity contribution in [2.45, 2.75) is 31.7 Å². The number of carbonyl (C=O) groups excluding carboxylic acids is 1. The van der Waals surface area contributed by atoms with Gasteiger partial charge in [0.25, 0.3) is 0 Å². The van der Waals surface area contributed by atoms with E-state index < -0.39 is 0 Å². The largest absolute Gasteiger partial charge is 0.469 e. The van der Waals surface area contributed by atoms with Crippen LogP contribution < -0.4 is 5.32 Å². The second kappa shape index (κ2) is 5.64. The average molecular weight is 226 g/mol. The number of nitrogens with zero attached hydrogens (tertiary/aromatic N) is 1. The Hall–Kier alpha value is -0.610. The fraction of sp³-hybridized carbons (Fsp3) is 0.917. The summed E-state index contributed by atoms with van der Waals surface area (Å²) in [5, 5.41) is 3.47. The van der Waals surface area contributed by atoms with Gasteiger partial charge in [-0.25, -0.2) is 0 Å². The number of piperidine rings is 1. The molecule has 4 heteroatoms. The first-order chi connectivity index (χ1) is 7.79. The highest BCUT2D eigenvalue weighted by molar-refractivity contribution is 5.72. The number of esters is 1. The van der Waals surface area contributed by atoms with Crippen molar-refractivity contribution in [2.24, 2.45) is 5.92 Å². The van der Waals surface area contributed by atoms with Crippen LogP contribution in [0.1, 0.15) is 25.7 Å². The lowest BCUT2D eigenvalue weighted by Crippen LogP contribution is -2.47. The Balaban J connectivity index is 1.70. The lowest BCUT2D eigenvalue weighted by molar-refractivity contribution is -0.146. The van der Waals surface area contributed by atoms with Gasteiger partial charge in [-0.05, 0) is 38.8 Å². The Morgan fingerprint density at radius 1 is 1.38 bits per heavy atom. The number of hydrogen-bond donors (Lipinski definition) is 1. The summed E-state index contributed by atoms with van der Waals surface area (Å²) >= 11 is 0. The summed E-state index contributed by atoms with van der Waals surface area (Å²) in [6.45, 7) is 4.43. The van der Waals surface area contributed by atoms with Crippen molar-refractivity contribution >= 4 is 5.97 Å². The van der Waals surface area contributed by atoms with Gasteiger partial charge in [0.15, 0.2) is 0 Å². The molecule has 0 bridgehead atoms. The van der Waals surface area contributed by atoms with Gasteiger partial charge in [0.1, 0.15) is 0 Å². The zero-order valence-corrected chi connectivity index (χ0v) is 10.1. The molecule has 0 aromatic rings. The molecule has 92 valence electrons. The fourth-order valence-electron chi connectivity index (χ4n) is 2.72. The highest BCUT2D eigenvalue weighted by Crippen LogP contribution is 2.17. The first-order valence-electron chi connectivity index (χ1n) is 6.33. The molecular weight excluding hydrogens is 204 g/mol. The molecule has 2 atom stereocenters. The van der Waals surface area contributed by atoms with Gasteiger partial charge in [0, 0.05) is 19.1 Å². The summed E-state index contributed by atoms with van der Waals surface area (Å²) in [7, 11) is 1.47. The quantitative estimate of drug-likeness (QED) is 0.716. The first-order valence-corrected chi connectivity index (χ1v) is 6.33. The Bertz CT molecular complexity index is 231. The van der Waals surface area contributed by atoms with Crippen molar-refractivity contribution in [1.29, 1.82) is 0 Å². The van der Waals surface area contributed by atoms with E-state index in [-0.39, 0.29) is 11.9 Å². The van der Waals surface area contributed by atoms with Crippen LogP contribution in [0.5, 0.6) is 0 Å². The summed E-state index contributed by atoms with van der Waals surface area (Å²) in [4.78, 5) is 13.9. The molecule has 2 saturated heterocycles. The molecule has 0 amide bonds. The summed E-state index contributed by atoms with van der Waals surface area (Å²) in [5.74, 6) is 0.00644. The molecule has 2 aliphatic heterocycles. The second-order valence-corrected chi connectivity index (χ2v) is 4.91. The minimum absolute atomic E-state index is 0.0628. The number of likely N-dealkylation sites (tertiary alicyclic amines) is 1. The lowest BCUT2D eigenvalue weighted by Gasteiger charge is -2.31. The van der Waals surface area contributed by atoms with Crippen LogP contribution in [0, 0.1) is 5.92 Å². The van der Waals surface area contributed by atoms with Gasteiger partial charge in [0.2, 0.25) is 0 Å². The summed E-state index contributed by atoms with van der Waals surface area (Å²) in [5.41, 5.74) is 0. The molecule has 2 rings (SSSR count). The highest BCUT2D eigenvalue weighted by atomic mass is 16.5. The van der Waals surface area contributed by atoms with Gasteiger partial charge in [-0.3, -0.25) is 4.79 Å². The molecule has 0 radical (unpaired) electrons. The van der Waals surface area contributed by atoms with Gasteiger partial charge in [-0.1, -0.05) is 0 Å². The molecule has 16 heavy (non-hydrogen) atoms. The van der Waals surface area contributed by atoms with Crippen LogP contribution in [0.25, 0.3) is 0 Å². The van der Waals surface area contributed by atoms with E-state index in [0.29, 0.717) is 6.04 Å². The molecule has 2 aliphatic rings. The number of nitrogens with one attached hydrogen (secondary N) is 1. The number of carbonyl (C=O) groups is 1. The van der Waals surface area contributed by atoms with Gasteiger partial charge in [-0.15, -0.1) is 0 Å². The van der Waals surface area contributed by atoms with Crippen molar-refractivity contribution in [3.8, 4) is 0 Å². The van der Waals surface area contributed by atoms with Crippen LogP contribution in [0.4, 0.5) is 0 Å². The highest BCUT2D eigenvalue weighted by Gasteiger charge is 2.27. The summed E-state index contributed by atoms with van der Waals surface area (Å²) < 4.78 is 4.77. The third-order valence-electron chi connectivity index (χ3n) is 3.73. The van der Waals surface area contributed by atoms with Crippen LogP contribution in [0.15, 0.2) is 0 Å². The number of hydrogen-bond acceptors (Lipinski definition) is 4. The maximum Gasteiger partial charge on any atom is 0.309 e. The first kappa shape index (κ1) is 11.9. The van der Waals surface area contributed by atoms with Crippen molar-refractivity contribution in [2.75, 3.05) is 33.3 Å². The van der Waals surface area contributed by atoms with E-state index in [4.69, 9.17) is 4.74 Å². The van der Waals surface area contributed by atoms with E-state index in [1.165, 1.54) is 33.0 Å². The molecule has 1 N–H and O–H groups in total. The van der Waals surface area contributed by atoms with E-state index in [9.17, 15) is 4.79 Å². The average Bonchev–Trinajstić information content (AvgIpc) is 2.82. The van der Waals surface area contributed by atoms with Crippen LogP contribution in [0.3, 0.4) is 0 Å². The third kappa shape index (κ3) is 2.95. The topological polar surface area (TPSA) is 41.6 Å². The van der Waals surface area contributed by atoms with Gasteiger partial charge in [0.05, 0.1) is 13.0 Å². The molecule has 0 aliphatic carbocycles. The molecule has 2 fully saturated rings.